The number of thioether (sulfide) groups is 1. The minimum absolute atomic E-state index is 0.548. The summed E-state index contributed by atoms with van der Waals surface area (Å²) in [5.41, 5.74) is 0.911. The minimum Gasteiger partial charge on any atom is -0.494 e. The van der Waals surface area contributed by atoms with Crippen molar-refractivity contribution in [2.45, 2.75) is 18.6 Å². The number of benzene rings is 1. The van der Waals surface area contributed by atoms with Crippen LogP contribution in [-0.2, 0) is 6.54 Å². The van der Waals surface area contributed by atoms with Gasteiger partial charge in [-0.25, -0.2) is 0 Å². The van der Waals surface area contributed by atoms with Crippen LogP contribution in [0.5, 0.6) is 11.5 Å². The third kappa shape index (κ3) is 5.01. The fourth-order valence-electron chi connectivity index (χ4n) is 2.90. The number of pyridine rings is 1. The van der Waals surface area contributed by atoms with E-state index in [1.165, 1.54) is 0 Å². The average molecular weight is 423 g/mol. The van der Waals surface area contributed by atoms with Crippen molar-refractivity contribution in [2.75, 3.05) is 19.0 Å². The molecule has 7 nitrogen and oxygen atoms in total. The molecule has 0 unspecified atom stereocenters. The molecule has 0 amide bonds. The molecule has 0 bridgehead atoms. The number of hydrogen-bond acceptors (Lipinski definition) is 7. The second-order valence-corrected chi connectivity index (χ2v) is 7.38. The van der Waals surface area contributed by atoms with Gasteiger partial charge in [-0.3, -0.25) is 9.55 Å². The molecule has 0 saturated heterocycles. The molecule has 0 aliphatic heterocycles. The van der Waals surface area contributed by atoms with E-state index in [1.807, 2.05) is 60.0 Å². The predicted molar refractivity (Wildman–Crippen MR) is 115 cm³/mol. The van der Waals surface area contributed by atoms with Crippen LogP contribution in [0, 0.1) is 0 Å². The zero-order chi connectivity index (χ0) is 20.6. The molecule has 0 saturated carbocycles. The number of aromatic nitrogens is 4. The van der Waals surface area contributed by atoms with Crippen LogP contribution in [0.1, 0.15) is 12.7 Å². The highest BCUT2D eigenvalue weighted by Gasteiger charge is 2.16. The Labute approximate surface area is 179 Å². The van der Waals surface area contributed by atoms with Crippen molar-refractivity contribution in [2.24, 2.45) is 0 Å². The summed E-state index contributed by atoms with van der Waals surface area (Å²) in [5, 5.41) is 9.58. The number of furan rings is 1. The lowest BCUT2D eigenvalue weighted by molar-refractivity contribution is 0.332. The van der Waals surface area contributed by atoms with Crippen LogP contribution in [0.3, 0.4) is 0 Å². The molecule has 0 spiro atoms. The van der Waals surface area contributed by atoms with Crippen molar-refractivity contribution < 1.29 is 13.9 Å². The average Bonchev–Trinajstić information content (AvgIpc) is 3.44. The van der Waals surface area contributed by atoms with Crippen molar-refractivity contribution >= 4 is 11.8 Å². The van der Waals surface area contributed by atoms with Crippen LogP contribution in [-0.4, -0.2) is 38.7 Å². The lowest BCUT2D eigenvalue weighted by atomic mass is 10.2. The molecule has 8 heteroatoms. The quantitative estimate of drug-likeness (QED) is 0.274. The van der Waals surface area contributed by atoms with Gasteiger partial charge in [0.05, 0.1) is 26.0 Å². The summed E-state index contributed by atoms with van der Waals surface area (Å²) < 4.78 is 18.9. The van der Waals surface area contributed by atoms with Crippen LogP contribution in [0.25, 0.3) is 11.4 Å². The van der Waals surface area contributed by atoms with Gasteiger partial charge in [-0.1, -0.05) is 11.8 Å². The Bertz CT molecular complexity index is 1030. The standard InChI is InChI=1S/C22H22N4O3S/c1-2-27-18-7-9-19(10-8-18)29-13-14-30-22-25-24-21(17-5-3-11-23-15-17)26(22)16-20-6-4-12-28-20/h3-12,15H,2,13-14,16H2,1H3. The Morgan fingerprint density at radius 3 is 2.53 bits per heavy atom. The van der Waals surface area contributed by atoms with Crippen molar-refractivity contribution in [3.63, 3.8) is 0 Å². The topological polar surface area (TPSA) is 75.2 Å². The Morgan fingerprint density at radius 2 is 1.83 bits per heavy atom. The van der Waals surface area contributed by atoms with E-state index in [0.29, 0.717) is 19.8 Å². The summed E-state index contributed by atoms with van der Waals surface area (Å²) in [5.74, 6) is 3.98. The molecule has 4 rings (SSSR count). The molecule has 30 heavy (non-hydrogen) atoms. The first kappa shape index (κ1) is 20.0. The first-order valence-electron chi connectivity index (χ1n) is 9.68. The Morgan fingerprint density at radius 1 is 1.00 bits per heavy atom. The minimum atomic E-state index is 0.548. The summed E-state index contributed by atoms with van der Waals surface area (Å²) in [7, 11) is 0. The summed E-state index contributed by atoms with van der Waals surface area (Å²) in [6, 6.07) is 15.3. The van der Waals surface area contributed by atoms with Crippen molar-refractivity contribution in [3.05, 3.63) is 72.9 Å². The smallest absolute Gasteiger partial charge is 0.192 e. The van der Waals surface area contributed by atoms with Crippen molar-refractivity contribution in [1.82, 2.24) is 19.7 Å². The van der Waals surface area contributed by atoms with E-state index in [1.54, 1.807) is 30.4 Å². The fourth-order valence-corrected chi connectivity index (χ4v) is 3.65. The van der Waals surface area contributed by atoms with E-state index in [-0.39, 0.29) is 0 Å². The summed E-state index contributed by atoms with van der Waals surface area (Å²) in [6.07, 6.45) is 5.19. The van der Waals surface area contributed by atoms with Gasteiger partial charge in [0, 0.05) is 23.7 Å². The maximum absolute atomic E-state index is 5.84. The second-order valence-electron chi connectivity index (χ2n) is 6.31. The normalized spacial score (nSPS) is 10.8. The van der Waals surface area contributed by atoms with Gasteiger partial charge in [0.1, 0.15) is 17.3 Å². The van der Waals surface area contributed by atoms with Crippen LogP contribution in [0.4, 0.5) is 0 Å². The van der Waals surface area contributed by atoms with Crippen LogP contribution in [0.15, 0.2) is 76.8 Å². The third-order valence-corrected chi connectivity index (χ3v) is 5.18. The zero-order valence-corrected chi connectivity index (χ0v) is 17.4. The van der Waals surface area contributed by atoms with Crippen LogP contribution in [0.2, 0.25) is 0 Å². The highest BCUT2D eigenvalue weighted by atomic mass is 32.2. The largest absolute Gasteiger partial charge is 0.494 e. The van der Waals surface area contributed by atoms with Gasteiger partial charge in [-0.15, -0.1) is 10.2 Å². The molecule has 0 aliphatic carbocycles. The van der Waals surface area contributed by atoms with Gasteiger partial charge in [0.2, 0.25) is 0 Å². The molecule has 3 heterocycles. The molecule has 0 aliphatic rings. The molecule has 0 atom stereocenters. The van der Waals surface area contributed by atoms with Gasteiger partial charge in [-0.05, 0) is 55.5 Å². The maximum Gasteiger partial charge on any atom is 0.192 e. The van der Waals surface area contributed by atoms with Crippen molar-refractivity contribution in [3.8, 4) is 22.9 Å². The van der Waals surface area contributed by atoms with Crippen LogP contribution >= 0.6 is 11.8 Å². The number of ether oxygens (including phenoxy) is 2. The first-order valence-corrected chi connectivity index (χ1v) is 10.7. The van der Waals surface area contributed by atoms with E-state index in [0.717, 1.165) is 39.6 Å². The van der Waals surface area contributed by atoms with E-state index in [9.17, 15) is 0 Å². The molecule has 0 N–H and O–H groups in total. The predicted octanol–water partition coefficient (Wildman–Crippen LogP) is 4.55. The Kier molecular flexibility index (Phi) is 6.66. The van der Waals surface area contributed by atoms with Gasteiger partial charge in [-0.2, -0.15) is 0 Å². The number of nitrogens with zero attached hydrogens (tertiary/aromatic N) is 4. The molecule has 154 valence electrons. The highest BCUT2D eigenvalue weighted by Crippen LogP contribution is 2.25. The first-order chi connectivity index (χ1) is 14.8. The second kappa shape index (κ2) is 9.98. The Hall–Kier alpha value is -3.26. The van der Waals surface area contributed by atoms with Gasteiger partial charge in [0.15, 0.2) is 11.0 Å². The van der Waals surface area contributed by atoms with Gasteiger partial charge in [0.25, 0.3) is 0 Å². The molecule has 4 aromatic rings. The molecule has 3 aromatic heterocycles. The van der Waals surface area contributed by atoms with E-state index < -0.39 is 0 Å². The highest BCUT2D eigenvalue weighted by molar-refractivity contribution is 7.99. The summed E-state index contributed by atoms with van der Waals surface area (Å²) in [4.78, 5) is 4.19. The van der Waals surface area contributed by atoms with E-state index in [4.69, 9.17) is 13.9 Å². The van der Waals surface area contributed by atoms with Gasteiger partial charge < -0.3 is 13.9 Å². The Balaban J connectivity index is 1.41. The van der Waals surface area contributed by atoms with Crippen LogP contribution < -0.4 is 9.47 Å². The lowest BCUT2D eigenvalue weighted by Gasteiger charge is -2.10. The van der Waals surface area contributed by atoms with E-state index >= 15 is 0 Å². The summed E-state index contributed by atoms with van der Waals surface area (Å²) in [6.45, 7) is 3.71. The lowest BCUT2D eigenvalue weighted by Crippen LogP contribution is -2.06. The number of rotatable bonds is 10. The third-order valence-electron chi connectivity index (χ3n) is 4.25. The molecule has 0 radical (unpaired) electrons. The summed E-state index contributed by atoms with van der Waals surface area (Å²) >= 11 is 1.59. The fraction of sp³-hybridized carbons (Fsp3) is 0.227. The SMILES string of the molecule is CCOc1ccc(OCCSc2nnc(-c3cccnc3)n2Cc2ccco2)cc1. The molecular formula is C22H22N4O3S. The molecule has 1 aromatic carbocycles. The molecule has 0 fully saturated rings. The zero-order valence-electron chi connectivity index (χ0n) is 16.6. The number of hydrogen-bond donors (Lipinski definition) is 0. The van der Waals surface area contributed by atoms with E-state index in [2.05, 4.69) is 15.2 Å². The molecular weight excluding hydrogens is 400 g/mol. The van der Waals surface area contributed by atoms with Crippen molar-refractivity contribution in [1.29, 1.82) is 0 Å². The monoisotopic (exact) mass is 422 g/mol. The van der Waals surface area contributed by atoms with Gasteiger partial charge >= 0.3 is 0 Å². The maximum atomic E-state index is 5.84.